The standard InChI is InChI=1S/C31H30F2N4O6/c1-41-28-16-22-25(17-29(28)42-2)35-13-11-26(22)43-27-10-9-21(15-24(27)33)37-31(40)23(18-34-12-3-4-14-38)30(39)36-20-7-5-19(32)6-8-20/h5-11,13,15-18,34,38H,3-4,12,14H2,1-2H3,(H,36,39)(H,37,40)/b23-18+. The lowest BCUT2D eigenvalue weighted by Crippen LogP contribution is -2.27. The molecule has 0 unspecified atom stereocenters. The minimum Gasteiger partial charge on any atom is -0.493 e. The summed E-state index contributed by atoms with van der Waals surface area (Å²) in [6.07, 6.45) is 3.88. The maximum Gasteiger partial charge on any atom is 0.262 e. The fourth-order valence-electron chi connectivity index (χ4n) is 3.99. The highest BCUT2D eigenvalue weighted by molar-refractivity contribution is 6.26. The van der Waals surface area contributed by atoms with E-state index in [4.69, 9.17) is 19.3 Å². The number of benzene rings is 3. The molecule has 0 saturated heterocycles. The van der Waals surface area contributed by atoms with Gasteiger partial charge < -0.3 is 35.3 Å². The monoisotopic (exact) mass is 592 g/mol. The Morgan fingerprint density at radius 2 is 1.51 bits per heavy atom. The summed E-state index contributed by atoms with van der Waals surface area (Å²) in [5.41, 5.74) is 0.587. The molecule has 0 fully saturated rings. The zero-order valence-electron chi connectivity index (χ0n) is 23.4. The molecule has 2 amide bonds. The van der Waals surface area contributed by atoms with Crippen LogP contribution < -0.4 is 30.2 Å². The minimum atomic E-state index is -0.816. The Kier molecular flexibility index (Phi) is 10.4. The van der Waals surface area contributed by atoms with Gasteiger partial charge >= 0.3 is 0 Å². The second kappa shape index (κ2) is 14.6. The van der Waals surface area contributed by atoms with Crippen molar-refractivity contribution in [1.29, 1.82) is 0 Å². The van der Waals surface area contributed by atoms with Gasteiger partial charge in [-0.15, -0.1) is 0 Å². The van der Waals surface area contributed by atoms with Crippen LogP contribution in [0.25, 0.3) is 10.9 Å². The van der Waals surface area contributed by atoms with Gasteiger partial charge in [-0.25, -0.2) is 8.78 Å². The van der Waals surface area contributed by atoms with Gasteiger partial charge in [0.15, 0.2) is 23.1 Å². The highest BCUT2D eigenvalue weighted by Crippen LogP contribution is 2.37. The number of aliphatic hydroxyl groups is 1. The van der Waals surface area contributed by atoms with Crippen molar-refractivity contribution >= 4 is 34.1 Å². The second-order valence-corrected chi connectivity index (χ2v) is 9.14. The number of nitrogens with zero attached hydrogens (tertiary/aromatic N) is 1. The Hall–Kier alpha value is -5.23. The fourth-order valence-corrected chi connectivity index (χ4v) is 3.99. The molecule has 10 nitrogen and oxygen atoms in total. The van der Waals surface area contributed by atoms with Crippen LogP contribution in [0, 0.1) is 11.6 Å². The number of nitrogens with one attached hydrogen (secondary N) is 3. The summed E-state index contributed by atoms with van der Waals surface area (Å²) in [5, 5.41) is 17.4. The van der Waals surface area contributed by atoms with Crippen LogP contribution in [-0.2, 0) is 9.59 Å². The Morgan fingerprint density at radius 3 is 2.19 bits per heavy atom. The van der Waals surface area contributed by atoms with Crippen molar-refractivity contribution in [1.82, 2.24) is 10.3 Å². The van der Waals surface area contributed by atoms with Crippen LogP contribution in [0.15, 0.2) is 78.6 Å². The average molecular weight is 593 g/mol. The molecule has 0 saturated carbocycles. The van der Waals surface area contributed by atoms with Gasteiger partial charge in [0.05, 0.1) is 19.7 Å². The van der Waals surface area contributed by atoms with Crippen molar-refractivity contribution in [3.8, 4) is 23.0 Å². The number of hydrogen-bond donors (Lipinski definition) is 4. The number of pyridine rings is 1. The van der Waals surface area contributed by atoms with Crippen LogP contribution >= 0.6 is 0 Å². The van der Waals surface area contributed by atoms with Crippen molar-refractivity contribution in [3.63, 3.8) is 0 Å². The van der Waals surface area contributed by atoms with E-state index in [2.05, 4.69) is 20.9 Å². The van der Waals surface area contributed by atoms with Gasteiger partial charge in [0.25, 0.3) is 11.8 Å². The normalized spacial score (nSPS) is 11.1. The first kappa shape index (κ1) is 30.7. The van der Waals surface area contributed by atoms with Crippen LogP contribution in [0.1, 0.15) is 12.8 Å². The molecule has 4 rings (SSSR count). The number of anilines is 2. The maximum atomic E-state index is 15.2. The number of halogens is 2. The van der Waals surface area contributed by atoms with Gasteiger partial charge in [0.1, 0.15) is 17.1 Å². The molecule has 0 aliphatic heterocycles. The molecule has 4 N–H and O–H groups in total. The number of methoxy groups -OCH3 is 2. The van der Waals surface area contributed by atoms with E-state index in [0.717, 1.165) is 6.07 Å². The molecule has 0 atom stereocenters. The SMILES string of the molecule is COc1cc2nccc(Oc3ccc(NC(=O)/C(=C/NCCCCO)C(=O)Nc4ccc(F)cc4)cc3F)c2cc1OC. The predicted molar refractivity (Wildman–Crippen MR) is 157 cm³/mol. The van der Waals surface area contributed by atoms with E-state index in [1.807, 2.05) is 0 Å². The topological polar surface area (TPSA) is 131 Å². The van der Waals surface area contributed by atoms with Crippen LogP contribution in [0.3, 0.4) is 0 Å². The van der Waals surface area contributed by atoms with Crippen molar-refractivity contribution in [2.24, 2.45) is 0 Å². The molecular weight excluding hydrogens is 562 g/mol. The Morgan fingerprint density at radius 1 is 0.837 bits per heavy atom. The molecule has 0 spiro atoms. The summed E-state index contributed by atoms with van der Waals surface area (Å²) in [4.78, 5) is 30.3. The summed E-state index contributed by atoms with van der Waals surface area (Å²) in [6, 6.07) is 13.8. The van der Waals surface area contributed by atoms with E-state index in [0.29, 0.717) is 47.5 Å². The van der Waals surface area contributed by atoms with E-state index in [1.54, 1.807) is 18.2 Å². The van der Waals surface area contributed by atoms with Crippen LogP contribution in [0.5, 0.6) is 23.0 Å². The molecule has 0 aliphatic rings. The first-order valence-corrected chi connectivity index (χ1v) is 13.2. The van der Waals surface area contributed by atoms with Gasteiger partial charge in [-0.05, 0) is 61.4 Å². The number of ether oxygens (including phenoxy) is 3. The number of rotatable bonds is 13. The third-order valence-corrected chi connectivity index (χ3v) is 6.18. The van der Waals surface area contributed by atoms with Gasteiger partial charge in [0.2, 0.25) is 0 Å². The first-order chi connectivity index (χ1) is 20.8. The maximum absolute atomic E-state index is 15.2. The van der Waals surface area contributed by atoms with Crippen LogP contribution in [0.4, 0.5) is 20.2 Å². The lowest BCUT2D eigenvalue weighted by atomic mass is 10.1. The molecule has 224 valence electrons. The third-order valence-electron chi connectivity index (χ3n) is 6.18. The highest BCUT2D eigenvalue weighted by Gasteiger charge is 2.20. The molecule has 1 heterocycles. The van der Waals surface area contributed by atoms with Gasteiger partial charge in [-0.3, -0.25) is 14.6 Å². The zero-order chi connectivity index (χ0) is 30.8. The van der Waals surface area contributed by atoms with E-state index in [9.17, 15) is 14.0 Å². The van der Waals surface area contributed by atoms with Crippen molar-refractivity contribution < 1.29 is 37.7 Å². The Bertz CT molecular complexity index is 1630. The molecule has 0 bridgehead atoms. The van der Waals surface area contributed by atoms with Gasteiger partial charge in [-0.1, -0.05) is 0 Å². The summed E-state index contributed by atoms with van der Waals surface area (Å²) in [5.74, 6) is -1.71. The average Bonchev–Trinajstić information content (AvgIpc) is 3.00. The zero-order valence-corrected chi connectivity index (χ0v) is 23.4. The van der Waals surface area contributed by atoms with E-state index in [-0.39, 0.29) is 29.3 Å². The summed E-state index contributed by atoms with van der Waals surface area (Å²) >= 11 is 0. The van der Waals surface area contributed by atoms with Gasteiger partial charge in [-0.2, -0.15) is 0 Å². The number of aromatic nitrogens is 1. The second-order valence-electron chi connectivity index (χ2n) is 9.14. The number of amides is 2. The van der Waals surface area contributed by atoms with Crippen LogP contribution in [0.2, 0.25) is 0 Å². The smallest absolute Gasteiger partial charge is 0.262 e. The molecule has 4 aromatic rings. The Balaban J connectivity index is 1.52. The van der Waals surface area contributed by atoms with Crippen LogP contribution in [-0.4, -0.2) is 49.3 Å². The van der Waals surface area contributed by atoms with E-state index in [1.165, 1.54) is 63.0 Å². The molecule has 1 aromatic heterocycles. The fraction of sp³-hybridized carbons (Fsp3) is 0.194. The number of carbonyl (C=O) groups is 2. The van der Waals surface area contributed by atoms with Crippen molar-refractivity contribution in [3.05, 3.63) is 90.3 Å². The number of aliphatic hydroxyl groups excluding tert-OH is 1. The first-order valence-electron chi connectivity index (χ1n) is 13.2. The Labute approximate surface area is 246 Å². The number of hydrogen-bond acceptors (Lipinski definition) is 8. The predicted octanol–water partition coefficient (Wildman–Crippen LogP) is 5.15. The molecule has 43 heavy (non-hydrogen) atoms. The molecule has 0 aliphatic carbocycles. The van der Waals surface area contributed by atoms with E-state index >= 15 is 4.39 Å². The lowest BCUT2D eigenvalue weighted by molar-refractivity contribution is -0.118. The highest BCUT2D eigenvalue weighted by atomic mass is 19.1. The number of unbranched alkanes of at least 4 members (excludes halogenated alkanes) is 1. The molecule has 0 radical (unpaired) electrons. The summed E-state index contributed by atoms with van der Waals surface area (Å²) in [7, 11) is 3.00. The summed E-state index contributed by atoms with van der Waals surface area (Å²) < 4.78 is 44.9. The number of fused-ring (bicyclic) bond motifs is 1. The minimum absolute atomic E-state index is 0.00932. The number of carbonyl (C=O) groups excluding carboxylic acids is 2. The largest absolute Gasteiger partial charge is 0.493 e. The van der Waals surface area contributed by atoms with Crippen molar-refractivity contribution in [2.75, 3.05) is 38.0 Å². The van der Waals surface area contributed by atoms with Gasteiger partial charge in [0, 0.05) is 54.4 Å². The summed E-state index contributed by atoms with van der Waals surface area (Å²) in [6.45, 7) is 0.402. The van der Waals surface area contributed by atoms with E-state index < -0.39 is 23.4 Å². The third kappa shape index (κ3) is 7.95. The molecular formula is C31H30F2N4O6. The molecule has 12 heteroatoms. The molecule has 3 aromatic carbocycles. The quantitative estimate of drug-likeness (QED) is 0.0726. The van der Waals surface area contributed by atoms with Crippen molar-refractivity contribution in [2.45, 2.75) is 12.8 Å². The lowest BCUT2D eigenvalue weighted by Gasteiger charge is -2.14.